The second-order valence-corrected chi connectivity index (χ2v) is 6.21. The van der Waals surface area contributed by atoms with E-state index in [0.717, 1.165) is 11.1 Å². The smallest absolute Gasteiger partial charge is 0.286 e. The highest BCUT2D eigenvalue weighted by Gasteiger charge is 2.12. The Bertz CT molecular complexity index is 862. The molecular weight excluding hydrogens is 338 g/mol. The van der Waals surface area contributed by atoms with Gasteiger partial charge in [0.05, 0.1) is 18.6 Å². The quantitative estimate of drug-likeness (QED) is 0.678. The molecule has 0 saturated carbocycles. The van der Waals surface area contributed by atoms with Crippen LogP contribution in [-0.4, -0.2) is 28.9 Å². The van der Waals surface area contributed by atoms with E-state index < -0.39 is 0 Å². The van der Waals surface area contributed by atoms with E-state index in [9.17, 15) is 4.79 Å². The van der Waals surface area contributed by atoms with Gasteiger partial charge in [-0.2, -0.15) is 4.98 Å². The van der Waals surface area contributed by atoms with Gasteiger partial charge in [0.2, 0.25) is 11.7 Å². The molecule has 3 rings (SSSR count). The van der Waals surface area contributed by atoms with Crippen LogP contribution in [0.4, 0.5) is 5.69 Å². The number of rotatable bonds is 6. The number of para-hydroxylation sites is 2. The number of nitrogens with zero attached hydrogens (tertiary/aromatic N) is 2. The van der Waals surface area contributed by atoms with Crippen LogP contribution >= 0.6 is 11.8 Å². The number of benzene rings is 2. The van der Waals surface area contributed by atoms with Gasteiger partial charge < -0.3 is 14.6 Å². The van der Waals surface area contributed by atoms with Gasteiger partial charge in [-0.25, -0.2) is 0 Å². The molecule has 1 aromatic heterocycles. The molecule has 1 heterocycles. The third kappa shape index (κ3) is 4.39. The van der Waals surface area contributed by atoms with Gasteiger partial charge in [0, 0.05) is 5.56 Å². The van der Waals surface area contributed by atoms with E-state index in [1.54, 1.807) is 19.2 Å². The van der Waals surface area contributed by atoms with Crippen LogP contribution in [0, 0.1) is 6.92 Å². The average molecular weight is 355 g/mol. The lowest BCUT2D eigenvalue weighted by molar-refractivity contribution is -0.113. The molecule has 0 saturated heterocycles. The number of anilines is 1. The number of nitrogens with one attached hydrogen (secondary N) is 1. The summed E-state index contributed by atoms with van der Waals surface area (Å²) in [6.45, 7) is 2.02. The van der Waals surface area contributed by atoms with Gasteiger partial charge >= 0.3 is 0 Å². The monoisotopic (exact) mass is 355 g/mol. The maximum atomic E-state index is 12.1. The number of carbonyl (C=O) groups excluding carboxylic acids is 1. The number of thioether (sulfide) groups is 1. The van der Waals surface area contributed by atoms with Crippen molar-refractivity contribution < 1.29 is 14.1 Å². The number of hydrogen-bond donors (Lipinski definition) is 1. The Kier molecular flexibility index (Phi) is 5.35. The van der Waals surface area contributed by atoms with Crippen molar-refractivity contribution in [1.29, 1.82) is 0 Å². The topological polar surface area (TPSA) is 77.2 Å². The SMILES string of the molecule is COc1ccccc1NC(=O)CSc1nc(-c2ccc(C)cc2)no1. The highest BCUT2D eigenvalue weighted by atomic mass is 32.2. The summed E-state index contributed by atoms with van der Waals surface area (Å²) in [4.78, 5) is 16.4. The molecule has 128 valence electrons. The standard InChI is InChI=1S/C18H17N3O3S/c1-12-7-9-13(10-8-12)17-20-18(24-21-17)25-11-16(22)19-14-5-3-4-6-15(14)23-2/h3-10H,11H2,1-2H3,(H,19,22). The lowest BCUT2D eigenvalue weighted by atomic mass is 10.1. The molecule has 6 nitrogen and oxygen atoms in total. The molecular formula is C18H17N3O3S. The van der Waals surface area contributed by atoms with E-state index >= 15 is 0 Å². The molecule has 2 aromatic carbocycles. The minimum Gasteiger partial charge on any atom is -0.495 e. The fourth-order valence-electron chi connectivity index (χ4n) is 2.15. The van der Waals surface area contributed by atoms with Gasteiger partial charge in [-0.05, 0) is 19.1 Å². The molecule has 0 unspecified atom stereocenters. The first kappa shape index (κ1) is 17.0. The third-order valence-electron chi connectivity index (χ3n) is 3.42. The third-order valence-corrected chi connectivity index (χ3v) is 4.24. The molecule has 0 spiro atoms. The lowest BCUT2D eigenvalue weighted by Gasteiger charge is -2.08. The fraction of sp³-hybridized carbons (Fsp3) is 0.167. The maximum Gasteiger partial charge on any atom is 0.286 e. The van der Waals surface area contributed by atoms with E-state index in [2.05, 4.69) is 15.5 Å². The van der Waals surface area contributed by atoms with Crippen LogP contribution in [-0.2, 0) is 4.79 Å². The zero-order valence-corrected chi connectivity index (χ0v) is 14.7. The predicted octanol–water partition coefficient (Wildman–Crippen LogP) is 3.78. The van der Waals surface area contributed by atoms with Crippen molar-refractivity contribution in [3.8, 4) is 17.1 Å². The largest absolute Gasteiger partial charge is 0.495 e. The van der Waals surface area contributed by atoms with Crippen molar-refractivity contribution in [2.24, 2.45) is 0 Å². The van der Waals surface area contributed by atoms with Crippen LogP contribution in [0.25, 0.3) is 11.4 Å². The zero-order chi connectivity index (χ0) is 17.6. The Hall–Kier alpha value is -2.80. The summed E-state index contributed by atoms with van der Waals surface area (Å²) >= 11 is 1.19. The fourth-order valence-corrected chi connectivity index (χ4v) is 2.72. The molecule has 7 heteroatoms. The molecule has 0 fully saturated rings. The van der Waals surface area contributed by atoms with Crippen molar-refractivity contribution in [2.45, 2.75) is 12.1 Å². The van der Waals surface area contributed by atoms with Crippen LogP contribution in [0.2, 0.25) is 0 Å². The van der Waals surface area contributed by atoms with Crippen molar-refractivity contribution in [3.05, 3.63) is 54.1 Å². The normalized spacial score (nSPS) is 10.5. The minimum absolute atomic E-state index is 0.160. The Balaban J connectivity index is 1.58. The van der Waals surface area contributed by atoms with Gasteiger partial charge in [-0.15, -0.1) is 0 Å². The highest BCUT2D eigenvalue weighted by Crippen LogP contribution is 2.25. The number of aromatic nitrogens is 2. The Labute approximate surface area is 149 Å². The molecule has 0 radical (unpaired) electrons. The zero-order valence-electron chi connectivity index (χ0n) is 13.9. The van der Waals surface area contributed by atoms with Gasteiger partial charge in [-0.1, -0.05) is 58.9 Å². The summed E-state index contributed by atoms with van der Waals surface area (Å²) in [5.74, 6) is 1.10. The van der Waals surface area contributed by atoms with Crippen molar-refractivity contribution in [1.82, 2.24) is 10.1 Å². The second-order valence-electron chi connectivity index (χ2n) is 5.29. The van der Waals surface area contributed by atoms with Crippen LogP contribution in [0.5, 0.6) is 5.75 Å². The van der Waals surface area contributed by atoms with E-state index in [4.69, 9.17) is 9.26 Å². The van der Waals surface area contributed by atoms with E-state index in [1.165, 1.54) is 11.8 Å². The molecule has 0 aliphatic heterocycles. The summed E-state index contributed by atoms with van der Waals surface area (Å²) in [5, 5.41) is 7.10. The molecule has 25 heavy (non-hydrogen) atoms. The van der Waals surface area contributed by atoms with Gasteiger partial charge in [0.25, 0.3) is 5.22 Å². The Morgan fingerprint density at radius 2 is 1.96 bits per heavy atom. The molecule has 1 N–H and O–H groups in total. The number of ether oxygens (including phenoxy) is 1. The van der Waals surface area contributed by atoms with Crippen molar-refractivity contribution in [3.63, 3.8) is 0 Å². The number of amides is 1. The average Bonchev–Trinajstić information content (AvgIpc) is 3.10. The van der Waals surface area contributed by atoms with E-state index in [-0.39, 0.29) is 11.7 Å². The second kappa shape index (κ2) is 7.85. The van der Waals surface area contributed by atoms with E-state index in [1.807, 2.05) is 43.3 Å². The molecule has 0 bridgehead atoms. The maximum absolute atomic E-state index is 12.1. The lowest BCUT2D eigenvalue weighted by Crippen LogP contribution is -2.14. The highest BCUT2D eigenvalue weighted by molar-refractivity contribution is 7.99. The van der Waals surface area contributed by atoms with E-state index in [0.29, 0.717) is 22.5 Å². The minimum atomic E-state index is -0.176. The number of methoxy groups -OCH3 is 1. The predicted molar refractivity (Wildman–Crippen MR) is 96.8 cm³/mol. The number of hydrogen-bond acceptors (Lipinski definition) is 6. The molecule has 3 aromatic rings. The summed E-state index contributed by atoms with van der Waals surface area (Å²) in [6.07, 6.45) is 0. The molecule has 0 atom stereocenters. The van der Waals surface area contributed by atoms with Crippen molar-refractivity contribution in [2.75, 3.05) is 18.2 Å². The first-order valence-corrected chi connectivity index (χ1v) is 8.60. The van der Waals surface area contributed by atoms with Gasteiger partial charge in [0.1, 0.15) is 5.75 Å². The van der Waals surface area contributed by atoms with Crippen LogP contribution < -0.4 is 10.1 Å². The Morgan fingerprint density at radius 1 is 1.20 bits per heavy atom. The summed E-state index contributed by atoms with van der Waals surface area (Å²) in [7, 11) is 1.56. The first-order valence-electron chi connectivity index (χ1n) is 7.62. The summed E-state index contributed by atoms with van der Waals surface area (Å²) < 4.78 is 10.4. The van der Waals surface area contributed by atoms with Gasteiger partial charge in [0.15, 0.2) is 0 Å². The van der Waals surface area contributed by atoms with Crippen LogP contribution in [0.3, 0.4) is 0 Å². The summed E-state index contributed by atoms with van der Waals surface area (Å²) in [6, 6.07) is 15.1. The first-order chi connectivity index (χ1) is 12.2. The van der Waals surface area contributed by atoms with Gasteiger partial charge in [-0.3, -0.25) is 4.79 Å². The Morgan fingerprint density at radius 3 is 2.72 bits per heavy atom. The molecule has 0 aliphatic carbocycles. The van der Waals surface area contributed by atoms with Crippen LogP contribution in [0.15, 0.2) is 58.3 Å². The number of aryl methyl sites for hydroxylation is 1. The number of carbonyl (C=O) groups is 1. The van der Waals surface area contributed by atoms with Crippen molar-refractivity contribution >= 4 is 23.4 Å². The van der Waals surface area contributed by atoms with Crippen LogP contribution in [0.1, 0.15) is 5.56 Å². The summed E-state index contributed by atoms with van der Waals surface area (Å²) in [5.41, 5.74) is 2.66. The molecule has 1 amide bonds. The molecule has 0 aliphatic rings.